The van der Waals surface area contributed by atoms with Gasteiger partial charge in [0.15, 0.2) is 0 Å². The van der Waals surface area contributed by atoms with E-state index >= 15 is 0 Å². The van der Waals surface area contributed by atoms with E-state index in [0.717, 1.165) is 11.1 Å². The van der Waals surface area contributed by atoms with Gasteiger partial charge >= 0.3 is 0 Å². The Balaban J connectivity index is 1.67. The van der Waals surface area contributed by atoms with E-state index in [9.17, 15) is 9.59 Å². The average Bonchev–Trinajstić information content (AvgIpc) is 3.04. The number of nitrogens with zero attached hydrogens (tertiary/aromatic N) is 2. The van der Waals surface area contributed by atoms with Crippen molar-refractivity contribution in [2.75, 3.05) is 0 Å². The van der Waals surface area contributed by atoms with Crippen LogP contribution < -0.4 is 10.6 Å². The monoisotopic (exact) mass is 258 g/mol. The van der Waals surface area contributed by atoms with E-state index in [-0.39, 0.29) is 11.8 Å². The first-order valence-electron chi connectivity index (χ1n) is 6.22. The van der Waals surface area contributed by atoms with Crippen molar-refractivity contribution in [2.24, 2.45) is 0 Å². The van der Waals surface area contributed by atoms with Gasteiger partial charge < -0.3 is 10.6 Å². The van der Waals surface area contributed by atoms with Gasteiger partial charge in [-0.15, -0.1) is 0 Å². The number of fused-ring (bicyclic) bond motifs is 1. The Bertz CT molecular complexity index is 634. The molecular formula is C13H14N4O2. The van der Waals surface area contributed by atoms with Crippen molar-refractivity contribution >= 4 is 17.3 Å². The molecule has 98 valence electrons. The zero-order chi connectivity index (χ0) is 13.2. The lowest BCUT2D eigenvalue weighted by molar-refractivity contribution is -0.125. The molecule has 0 aliphatic carbocycles. The molecule has 0 bridgehead atoms. The molecule has 19 heavy (non-hydrogen) atoms. The summed E-state index contributed by atoms with van der Waals surface area (Å²) in [6, 6.07) is 5.35. The minimum absolute atomic E-state index is 0.0574. The fourth-order valence-electron chi connectivity index (χ4n) is 2.28. The van der Waals surface area contributed by atoms with Crippen LogP contribution in [0.25, 0.3) is 5.52 Å². The van der Waals surface area contributed by atoms with Crippen LogP contribution in [0, 0.1) is 0 Å². The van der Waals surface area contributed by atoms with E-state index in [4.69, 9.17) is 0 Å². The van der Waals surface area contributed by atoms with Crippen LogP contribution in [0.2, 0.25) is 0 Å². The summed E-state index contributed by atoms with van der Waals surface area (Å²) < 4.78 is 1.76. The highest BCUT2D eigenvalue weighted by Crippen LogP contribution is 2.10. The molecule has 2 aromatic rings. The summed E-state index contributed by atoms with van der Waals surface area (Å²) in [5.74, 6) is -0.189. The van der Waals surface area contributed by atoms with E-state index in [0.29, 0.717) is 19.4 Å². The summed E-state index contributed by atoms with van der Waals surface area (Å²) in [7, 11) is 0. The van der Waals surface area contributed by atoms with Crippen molar-refractivity contribution in [1.82, 2.24) is 20.2 Å². The second kappa shape index (κ2) is 4.72. The third-order valence-corrected chi connectivity index (χ3v) is 3.29. The maximum Gasteiger partial charge on any atom is 0.242 e. The van der Waals surface area contributed by atoms with E-state index in [1.807, 2.05) is 24.4 Å². The van der Waals surface area contributed by atoms with Gasteiger partial charge in [-0.2, -0.15) is 5.10 Å². The number of pyridine rings is 1. The maximum absolute atomic E-state index is 11.9. The zero-order valence-corrected chi connectivity index (χ0v) is 10.3. The molecule has 1 unspecified atom stereocenters. The molecule has 1 aliphatic heterocycles. The van der Waals surface area contributed by atoms with Crippen molar-refractivity contribution in [1.29, 1.82) is 0 Å². The number of aromatic nitrogens is 2. The zero-order valence-electron chi connectivity index (χ0n) is 10.3. The van der Waals surface area contributed by atoms with Gasteiger partial charge in [0.1, 0.15) is 6.04 Å². The smallest absolute Gasteiger partial charge is 0.242 e. The van der Waals surface area contributed by atoms with Crippen LogP contribution in [0.15, 0.2) is 30.6 Å². The van der Waals surface area contributed by atoms with Crippen molar-refractivity contribution < 1.29 is 9.59 Å². The van der Waals surface area contributed by atoms with Crippen molar-refractivity contribution in [3.05, 3.63) is 36.2 Å². The molecule has 3 heterocycles. The standard InChI is InChI=1S/C13H14N4O2/c18-12-4-3-10(16-12)13(19)14-8-9-2-1-7-17-11(9)5-6-15-17/h1-2,5-7,10H,3-4,8H2,(H,14,19)(H,16,18). The summed E-state index contributed by atoms with van der Waals surface area (Å²) in [4.78, 5) is 23.0. The summed E-state index contributed by atoms with van der Waals surface area (Å²) in [6.45, 7) is 0.432. The second-order valence-electron chi connectivity index (χ2n) is 4.57. The normalized spacial score (nSPS) is 18.5. The lowest BCUT2D eigenvalue weighted by Gasteiger charge is -2.11. The number of carbonyl (C=O) groups is 2. The van der Waals surface area contributed by atoms with Crippen LogP contribution in [0.4, 0.5) is 0 Å². The van der Waals surface area contributed by atoms with Crippen LogP contribution in [0.3, 0.4) is 0 Å². The number of rotatable bonds is 3. The quantitative estimate of drug-likeness (QED) is 0.827. The lowest BCUT2D eigenvalue weighted by atomic mass is 10.2. The fraction of sp³-hybridized carbons (Fsp3) is 0.308. The molecule has 1 saturated heterocycles. The first kappa shape index (κ1) is 11.7. The summed E-state index contributed by atoms with van der Waals surface area (Å²) >= 11 is 0. The minimum atomic E-state index is -0.392. The van der Waals surface area contributed by atoms with E-state index in [2.05, 4.69) is 15.7 Å². The molecular weight excluding hydrogens is 244 g/mol. The van der Waals surface area contributed by atoms with Gasteiger partial charge in [-0.05, 0) is 24.1 Å². The Hall–Kier alpha value is -2.37. The topological polar surface area (TPSA) is 75.5 Å². The maximum atomic E-state index is 11.9. The first-order valence-corrected chi connectivity index (χ1v) is 6.22. The lowest BCUT2D eigenvalue weighted by Crippen LogP contribution is -2.41. The van der Waals surface area contributed by atoms with Crippen molar-refractivity contribution in [2.45, 2.75) is 25.4 Å². The van der Waals surface area contributed by atoms with Gasteiger partial charge in [-0.1, -0.05) is 6.07 Å². The highest BCUT2D eigenvalue weighted by Gasteiger charge is 2.26. The van der Waals surface area contributed by atoms with Crippen molar-refractivity contribution in [3.63, 3.8) is 0 Å². The third-order valence-electron chi connectivity index (χ3n) is 3.29. The molecule has 2 amide bonds. The molecule has 1 fully saturated rings. The molecule has 0 saturated carbocycles. The largest absolute Gasteiger partial charge is 0.350 e. The Kier molecular flexibility index (Phi) is 2.91. The molecule has 2 N–H and O–H groups in total. The fourth-order valence-corrected chi connectivity index (χ4v) is 2.28. The second-order valence-corrected chi connectivity index (χ2v) is 4.57. The molecule has 0 radical (unpaired) electrons. The molecule has 6 nitrogen and oxygen atoms in total. The van der Waals surface area contributed by atoms with Gasteiger partial charge in [0.05, 0.1) is 5.52 Å². The molecule has 3 rings (SSSR count). The Morgan fingerprint density at radius 2 is 2.42 bits per heavy atom. The first-order chi connectivity index (χ1) is 9.24. The van der Waals surface area contributed by atoms with Gasteiger partial charge in [-0.3, -0.25) is 9.59 Å². The number of nitrogens with one attached hydrogen (secondary N) is 2. The number of carbonyl (C=O) groups excluding carboxylic acids is 2. The highest BCUT2D eigenvalue weighted by molar-refractivity contribution is 5.90. The van der Waals surface area contributed by atoms with E-state index < -0.39 is 6.04 Å². The SMILES string of the molecule is O=C1CCC(C(=O)NCc2cccn3nccc23)N1. The van der Waals surface area contributed by atoms with Crippen molar-refractivity contribution in [3.8, 4) is 0 Å². The molecule has 1 atom stereocenters. The Labute approximate surface area is 109 Å². The number of hydrogen-bond donors (Lipinski definition) is 2. The average molecular weight is 258 g/mol. The Morgan fingerprint density at radius 3 is 3.21 bits per heavy atom. The molecule has 6 heteroatoms. The van der Waals surface area contributed by atoms with E-state index in [1.165, 1.54) is 0 Å². The number of hydrogen-bond acceptors (Lipinski definition) is 3. The van der Waals surface area contributed by atoms with Gasteiger partial charge in [0, 0.05) is 25.4 Å². The van der Waals surface area contributed by atoms with E-state index in [1.54, 1.807) is 10.7 Å². The summed E-state index contributed by atoms with van der Waals surface area (Å²) in [6.07, 6.45) is 4.58. The Morgan fingerprint density at radius 1 is 1.53 bits per heavy atom. The predicted molar refractivity (Wildman–Crippen MR) is 68.2 cm³/mol. The summed E-state index contributed by atoms with van der Waals surface area (Å²) in [5.41, 5.74) is 1.97. The van der Waals surface area contributed by atoms with Gasteiger partial charge in [0.25, 0.3) is 0 Å². The third kappa shape index (κ3) is 2.29. The van der Waals surface area contributed by atoms with Gasteiger partial charge in [0.2, 0.25) is 11.8 Å². The van der Waals surface area contributed by atoms with Crippen LogP contribution >= 0.6 is 0 Å². The molecule has 1 aliphatic rings. The molecule has 0 spiro atoms. The summed E-state index contributed by atoms with van der Waals surface area (Å²) in [5, 5.41) is 9.64. The van der Waals surface area contributed by atoms with Crippen LogP contribution in [-0.4, -0.2) is 27.5 Å². The van der Waals surface area contributed by atoms with Gasteiger partial charge in [-0.25, -0.2) is 4.52 Å². The number of amides is 2. The van der Waals surface area contributed by atoms with Crippen LogP contribution in [0.1, 0.15) is 18.4 Å². The predicted octanol–water partition coefficient (Wildman–Crippen LogP) is 0.229. The van der Waals surface area contributed by atoms with Crippen LogP contribution in [0.5, 0.6) is 0 Å². The molecule has 0 aromatic carbocycles. The van der Waals surface area contributed by atoms with Crippen LogP contribution in [-0.2, 0) is 16.1 Å². The minimum Gasteiger partial charge on any atom is -0.350 e. The molecule has 2 aromatic heterocycles. The highest BCUT2D eigenvalue weighted by atomic mass is 16.2.